The van der Waals surface area contributed by atoms with Crippen LogP contribution in [0.4, 0.5) is 19.0 Å². The SMILES string of the molecule is Nc1csc(-c2ccc(F)c(F)c2F)n1. The molecule has 78 valence electrons. The molecule has 1 heterocycles. The second-order valence-electron chi connectivity index (χ2n) is 2.80. The fourth-order valence-electron chi connectivity index (χ4n) is 1.10. The number of anilines is 1. The molecule has 0 bridgehead atoms. The van der Waals surface area contributed by atoms with Crippen molar-refractivity contribution in [3.05, 3.63) is 35.0 Å². The lowest BCUT2D eigenvalue weighted by Crippen LogP contribution is -1.93. The van der Waals surface area contributed by atoms with Gasteiger partial charge in [0.1, 0.15) is 10.8 Å². The molecule has 0 aliphatic heterocycles. The van der Waals surface area contributed by atoms with Gasteiger partial charge in [-0.1, -0.05) is 0 Å². The number of benzene rings is 1. The molecule has 15 heavy (non-hydrogen) atoms. The number of nitrogen functional groups attached to an aromatic ring is 1. The highest BCUT2D eigenvalue weighted by Gasteiger charge is 2.16. The van der Waals surface area contributed by atoms with E-state index in [4.69, 9.17) is 5.73 Å². The summed E-state index contributed by atoms with van der Waals surface area (Å²) in [6, 6.07) is 1.98. The van der Waals surface area contributed by atoms with Crippen LogP contribution in [0, 0.1) is 17.5 Å². The number of thiazole rings is 1. The van der Waals surface area contributed by atoms with Gasteiger partial charge in [0.15, 0.2) is 17.5 Å². The maximum absolute atomic E-state index is 13.3. The van der Waals surface area contributed by atoms with Crippen LogP contribution < -0.4 is 5.73 Å². The van der Waals surface area contributed by atoms with E-state index in [1.165, 1.54) is 5.38 Å². The summed E-state index contributed by atoms with van der Waals surface area (Å²) in [5.74, 6) is -3.74. The van der Waals surface area contributed by atoms with E-state index in [0.29, 0.717) is 0 Å². The minimum absolute atomic E-state index is 0.0874. The zero-order valence-electron chi connectivity index (χ0n) is 7.30. The molecule has 0 fully saturated rings. The van der Waals surface area contributed by atoms with E-state index in [2.05, 4.69) is 4.98 Å². The second-order valence-corrected chi connectivity index (χ2v) is 3.66. The number of aromatic nitrogens is 1. The Labute approximate surface area is 87.2 Å². The number of nitrogens with two attached hydrogens (primary N) is 1. The first-order valence-corrected chi connectivity index (χ1v) is 4.82. The standard InChI is InChI=1S/C9H5F3N2S/c10-5-2-1-4(7(11)8(5)12)9-14-6(13)3-15-9/h1-3H,13H2. The van der Waals surface area contributed by atoms with E-state index in [1.54, 1.807) is 0 Å². The van der Waals surface area contributed by atoms with Crippen LogP contribution in [-0.2, 0) is 0 Å². The van der Waals surface area contributed by atoms with E-state index < -0.39 is 17.5 Å². The Bertz CT molecular complexity index is 510. The fourth-order valence-corrected chi connectivity index (χ4v) is 1.83. The summed E-state index contributed by atoms with van der Waals surface area (Å²) < 4.78 is 38.8. The van der Waals surface area contributed by atoms with Crippen LogP contribution in [0.5, 0.6) is 0 Å². The number of rotatable bonds is 1. The van der Waals surface area contributed by atoms with Crippen molar-refractivity contribution in [3.63, 3.8) is 0 Å². The predicted octanol–water partition coefficient (Wildman–Crippen LogP) is 2.81. The molecule has 0 aliphatic rings. The van der Waals surface area contributed by atoms with Gasteiger partial charge in [0.05, 0.1) is 0 Å². The molecule has 0 spiro atoms. The Hall–Kier alpha value is -1.56. The van der Waals surface area contributed by atoms with Crippen LogP contribution >= 0.6 is 11.3 Å². The number of hydrogen-bond acceptors (Lipinski definition) is 3. The molecule has 1 aromatic carbocycles. The molecule has 0 unspecified atom stereocenters. The first kappa shape index (κ1) is 9.97. The van der Waals surface area contributed by atoms with E-state index >= 15 is 0 Å². The minimum atomic E-state index is -1.50. The summed E-state index contributed by atoms with van der Waals surface area (Å²) in [4.78, 5) is 3.78. The molecule has 0 amide bonds. The van der Waals surface area contributed by atoms with Crippen molar-refractivity contribution < 1.29 is 13.2 Å². The topological polar surface area (TPSA) is 38.9 Å². The number of halogens is 3. The Morgan fingerprint density at radius 2 is 1.87 bits per heavy atom. The first-order valence-electron chi connectivity index (χ1n) is 3.94. The van der Waals surface area contributed by atoms with Crippen molar-refractivity contribution in [3.8, 4) is 10.6 Å². The lowest BCUT2D eigenvalue weighted by atomic mass is 10.2. The highest BCUT2D eigenvalue weighted by molar-refractivity contribution is 7.13. The van der Waals surface area contributed by atoms with E-state index in [-0.39, 0.29) is 16.4 Å². The molecule has 0 aliphatic carbocycles. The molecule has 0 atom stereocenters. The van der Waals surface area contributed by atoms with Gasteiger partial charge in [0.2, 0.25) is 0 Å². The van der Waals surface area contributed by atoms with Crippen LogP contribution in [0.1, 0.15) is 0 Å². The van der Waals surface area contributed by atoms with Crippen molar-refractivity contribution >= 4 is 17.2 Å². The highest BCUT2D eigenvalue weighted by atomic mass is 32.1. The van der Waals surface area contributed by atoms with Gasteiger partial charge in [-0.25, -0.2) is 18.2 Å². The largest absolute Gasteiger partial charge is 0.383 e. The van der Waals surface area contributed by atoms with Gasteiger partial charge in [0.25, 0.3) is 0 Å². The van der Waals surface area contributed by atoms with Crippen molar-refractivity contribution in [1.29, 1.82) is 0 Å². The van der Waals surface area contributed by atoms with Gasteiger partial charge in [-0.3, -0.25) is 0 Å². The molecule has 2 N–H and O–H groups in total. The average Bonchev–Trinajstić information content (AvgIpc) is 2.61. The van der Waals surface area contributed by atoms with Crippen molar-refractivity contribution in [1.82, 2.24) is 4.98 Å². The molecule has 2 rings (SSSR count). The molecule has 2 nitrogen and oxygen atoms in total. The molecule has 0 saturated carbocycles. The van der Waals surface area contributed by atoms with Crippen LogP contribution in [-0.4, -0.2) is 4.98 Å². The molecule has 1 aromatic heterocycles. The summed E-state index contributed by atoms with van der Waals surface area (Å²) in [5.41, 5.74) is 5.26. The summed E-state index contributed by atoms with van der Waals surface area (Å²) in [7, 11) is 0. The Kier molecular flexibility index (Phi) is 2.36. The lowest BCUT2D eigenvalue weighted by molar-refractivity contribution is 0.449. The number of hydrogen-bond donors (Lipinski definition) is 1. The summed E-state index contributed by atoms with van der Waals surface area (Å²) >= 11 is 1.07. The van der Waals surface area contributed by atoms with Gasteiger partial charge >= 0.3 is 0 Å². The average molecular weight is 230 g/mol. The summed E-state index contributed by atoms with van der Waals surface area (Å²) in [6.07, 6.45) is 0. The lowest BCUT2D eigenvalue weighted by Gasteiger charge is -2.00. The molecule has 0 saturated heterocycles. The zero-order valence-corrected chi connectivity index (χ0v) is 8.12. The first-order chi connectivity index (χ1) is 7.09. The molecular formula is C9H5F3N2S. The van der Waals surface area contributed by atoms with Crippen molar-refractivity contribution in [2.24, 2.45) is 0 Å². The Balaban J connectivity index is 2.59. The third-order valence-electron chi connectivity index (χ3n) is 1.79. The van der Waals surface area contributed by atoms with E-state index in [9.17, 15) is 13.2 Å². The third kappa shape index (κ3) is 1.68. The van der Waals surface area contributed by atoms with Crippen LogP contribution in [0.15, 0.2) is 17.5 Å². The molecule has 6 heteroatoms. The smallest absolute Gasteiger partial charge is 0.195 e. The molecular weight excluding hydrogens is 225 g/mol. The minimum Gasteiger partial charge on any atom is -0.383 e. The highest BCUT2D eigenvalue weighted by Crippen LogP contribution is 2.29. The van der Waals surface area contributed by atoms with Crippen molar-refractivity contribution in [2.75, 3.05) is 5.73 Å². The second kappa shape index (κ2) is 3.54. The van der Waals surface area contributed by atoms with Gasteiger partial charge < -0.3 is 5.73 Å². The van der Waals surface area contributed by atoms with Crippen molar-refractivity contribution in [2.45, 2.75) is 0 Å². The van der Waals surface area contributed by atoms with E-state index in [1.807, 2.05) is 0 Å². The van der Waals surface area contributed by atoms with Gasteiger partial charge in [0, 0.05) is 10.9 Å². The van der Waals surface area contributed by atoms with Gasteiger partial charge in [-0.15, -0.1) is 11.3 Å². The monoisotopic (exact) mass is 230 g/mol. The van der Waals surface area contributed by atoms with Gasteiger partial charge in [-0.05, 0) is 12.1 Å². The zero-order chi connectivity index (χ0) is 11.0. The molecule has 2 aromatic rings. The predicted molar refractivity (Wildman–Crippen MR) is 51.8 cm³/mol. The quantitative estimate of drug-likeness (QED) is 0.765. The van der Waals surface area contributed by atoms with E-state index in [0.717, 1.165) is 23.5 Å². The maximum atomic E-state index is 13.3. The fraction of sp³-hybridized carbons (Fsp3) is 0. The Morgan fingerprint density at radius 1 is 1.13 bits per heavy atom. The normalized spacial score (nSPS) is 10.6. The number of nitrogens with zero attached hydrogens (tertiary/aromatic N) is 1. The third-order valence-corrected chi connectivity index (χ3v) is 2.68. The van der Waals surface area contributed by atoms with Crippen LogP contribution in [0.2, 0.25) is 0 Å². The van der Waals surface area contributed by atoms with Gasteiger partial charge in [-0.2, -0.15) is 0 Å². The summed E-state index contributed by atoms with van der Waals surface area (Å²) in [5, 5.41) is 1.72. The van der Waals surface area contributed by atoms with Crippen LogP contribution in [0.3, 0.4) is 0 Å². The molecule has 0 radical (unpaired) electrons. The maximum Gasteiger partial charge on any atom is 0.195 e. The summed E-state index contributed by atoms with van der Waals surface area (Å²) in [6.45, 7) is 0. The van der Waals surface area contributed by atoms with Crippen LogP contribution in [0.25, 0.3) is 10.6 Å². The Morgan fingerprint density at radius 3 is 2.47 bits per heavy atom.